The molecule has 0 spiro atoms. The topological polar surface area (TPSA) is 88.3 Å². The van der Waals surface area contributed by atoms with Crippen molar-refractivity contribution in [2.75, 3.05) is 39.5 Å². The Balaban J connectivity index is 1.35. The van der Waals surface area contributed by atoms with Gasteiger partial charge >= 0.3 is 5.69 Å². The van der Waals surface area contributed by atoms with Crippen molar-refractivity contribution in [3.05, 3.63) is 81.4 Å². The number of nitrogens with one attached hydrogen (secondary N) is 1. The van der Waals surface area contributed by atoms with E-state index in [1.807, 2.05) is 17.7 Å². The zero-order chi connectivity index (χ0) is 28.7. The lowest BCUT2D eigenvalue weighted by molar-refractivity contribution is 0.0826. The molecule has 210 valence electrons. The van der Waals surface area contributed by atoms with Crippen molar-refractivity contribution in [2.24, 2.45) is 7.05 Å². The summed E-state index contributed by atoms with van der Waals surface area (Å²) in [5.41, 5.74) is 1.42. The van der Waals surface area contributed by atoms with E-state index in [4.69, 9.17) is 0 Å². The first-order chi connectivity index (χ1) is 19.1. The molecule has 1 aliphatic heterocycles. The van der Waals surface area contributed by atoms with E-state index < -0.39 is 29.0 Å². The van der Waals surface area contributed by atoms with Crippen LogP contribution < -0.4 is 11.0 Å². The molecule has 0 unspecified atom stereocenters. The molecule has 0 atom stereocenters. The van der Waals surface area contributed by atoms with E-state index in [9.17, 15) is 22.8 Å². The van der Waals surface area contributed by atoms with E-state index in [1.165, 1.54) is 26.0 Å². The molecule has 9 nitrogen and oxygen atoms in total. The molecule has 1 N–H and O–H groups in total. The molecule has 1 saturated heterocycles. The van der Waals surface area contributed by atoms with Crippen LogP contribution in [0.3, 0.4) is 0 Å². The Kier molecular flexibility index (Phi) is 7.37. The Hall–Kier alpha value is -4.19. The fourth-order valence-corrected chi connectivity index (χ4v) is 5.36. The highest BCUT2D eigenvalue weighted by Crippen LogP contribution is 2.33. The summed E-state index contributed by atoms with van der Waals surface area (Å²) in [6.07, 6.45) is 3.78. The third kappa shape index (κ3) is 4.94. The van der Waals surface area contributed by atoms with Crippen LogP contribution in [0.15, 0.2) is 41.5 Å². The molecule has 1 aliphatic rings. The van der Waals surface area contributed by atoms with Gasteiger partial charge in [-0.3, -0.25) is 14.3 Å². The van der Waals surface area contributed by atoms with Gasteiger partial charge in [0, 0.05) is 63.1 Å². The van der Waals surface area contributed by atoms with Crippen LogP contribution in [-0.2, 0) is 13.6 Å². The lowest BCUT2D eigenvalue weighted by atomic mass is 9.88. The highest BCUT2D eigenvalue weighted by Gasteiger charge is 2.28. The van der Waals surface area contributed by atoms with Gasteiger partial charge in [-0.15, -0.1) is 0 Å². The Morgan fingerprint density at radius 3 is 2.40 bits per heavy atom. The minimum atomic E-state index is -0.695. The average molecular weight is 554 g/mol. The number of nitrogens with zero attached hydrogens (tertiary/aromatic N) is 6. The van der Waals surface area contributed by atoms with E-state index in [1.54, 1.807) is 12.3 Å². The molecule has 40 heavy (non-hydrogen) atoms. The van der Waals surface area contributed by atoms with Gasteiger partial charge in [-0.25, -0.2) is 22.9 Å². The van der Waals surface area contributed by atoms with Gasteiger partial charge in [-0.2, -0.15) is 4.98 Å². The molecular formula is C28H30F3N7O2. The second kappa shape index (κ2) is 10.8. The Bertz CT molecular complexity index is 1630. The number of amides is 1. The number of halogens is 3. The first kappa shape index (κ1) is 27.4. The Morgan fingerprint density at radius 2 is 1.77 bits per heavy atom. The number of piperidine rings is 1. The summed E-state index contributed by atoms with van der Waals surface area (Å²) in [6, 6.07) is 5.79. The van der Waals surface area contributed by atoms with Crippen LogP contribution in [0.4, 0.5) is 19.0 Å². The van der Waals surface area contributed by atoms with Gasteiger partial charge in [0.25, 0.3) is 5.91 Å². The maximum absolute atomic E-state index is 14.9. The number of hydrogen-bond acceptors (Lipinski definition) is 6. The van der Waals surface area contributed by atoms with Crippen LogP contribution in [0.5, 0.6) is 0 Å². The molecule has 1 amide bonds. The monoisotopic (exact) mass is 553 g/mol. The second-order valence-electron chi connectivity index (χ2n) is 10.2. The van der Waals surface area contributed by atoms with Gasteiger partial charge in [0.15, 0.2) is 11.6 Å². The van der Waals surface area contributed by atoms with Gasteiger partial charge in [0.05, 0.1) is 11.9 Å². The van der Waals surface area contributed by atoms with Gasteiger partial charge < -0.3 is 14.8 Å². The summed E-state index contributed by atoms with van der Waals surface area (Å²) in [5, 5.41) is 3.24. The molecule has 5 rings (SSSR count). The first-order valence-electron chi connectivity index (χ1n) is 12.9. The van der Waals surface area contributed by atoms with Gasteiger partial charge in [0.2, 0.25) is 0 Å². The largest absolute Gasteiger partial charge is 0.370 e. The van der Waals surface area contributed by atoms with Crippen molar-refractivity contribution in [1.29, 1.82) is 0 Å². The summed E-state index contributed by atoms with van der Waals surface area (Å²) in [4.78, 5) is 36.5. The Labute approximate surface area is 228 Å². The van der Waals surface area contributed by atoms with Crippen LogP contribution in [0.25, 0.3) is 16.7 Å². The van der Waals surface area contributed by atoms with Crippen molar-refractivity contribution in [1.82, 2.24) is 28.9 Å². The molecule has 4 heterocycles. The number of aryl methyl sites for hydroxylation is 1. The number of rotatable bonds is 6. The lowest BCUT2D eigenvalue weighted by Crippen LogP contribution is -2.33. The fourth-order valence-electron chi connectivity index (χ4n) is 5.36. The third-order valence-electron chi connectivity index (χ3n) is 7.50. The maximum Gasteiger partial charge on any atom is 0.354 e. The average Bonchev–Trinajstić information content (AvgIpc) is 3.24. The number of likely N-dealkylation sites (tertiary alicyclic amines) is 1. The second-order valence-corrected chi connectivity index (χ2v) is 10.2. The van der Waals surface area contributed by atoms with Crippen LogP contribution in [0.1, 0.15) is 40.4 Å². The van der Waals surface area contributed by atoms with Crippen molar-refractivity contribution in [2.45, 2.75) is 25.3 Å². The minimum Gasteiger partial charge on any atom is -0.370 e. The summed E-state index contributed by atoms with van der Waals surface area (Å²) in [6.45, 7) is 1.79. The smallest absolute Gasteiger partial charge is 0.354 e. The summed E-state index contributed by atoms with van der Waals surface area (Å²) < 4.78 is 47.3. The van der Waals surface area contributed by atoms with E-state index >= 15 is 0 Å². The quantitative estimate of drug-likeness (QED) is 0.392. The van der Waals surface area contributed by atoms with Crippen molar-refractivity contribution in [3.63, 3.8) is 0 Å². The van der Waals surface area contributed by atoms with E-state index in [0.29, 0.717) is 49.2 Å². The van der Waals surface area contributed by atoms with E-state index in [2.05, 4.69) is 20.2 Å². The summed E-state index contributed by atoms with van der Waals surface area (Å²) >= 11 is 0. The highest BCUT2D eigenvalue weighted by atomic mass is 19.1. The molecule has 0 radical (unpaired) electrons. The summed E-state index contributed by atoms with van der Waals surface area (Å²) in [7, 11) is 6.43. The van der Waals surface area contributed by atoms with E-state index in [-0.39, 0.29) is 22.9 Å². The fraction of sp³-hybridized carbons (Fsp3) is 0.357. The van der Waals surface area contributed by atoms with Crippen LogP contribution in [-0.4, -0.2) is 69.0 Å². The molecule has 12 heteroatoms. The number of hydrogen-bond donors (Lipinski definition) is 1. The zero-order valence-electron chi connectivity index (χ0n) is 22.7. The predicted molar refractivity (Wildman–Crippen MR) is 145 cm³/mol. The van der Waals surface area contributed by atoms with Crippen LogP contribution in [0.2, 0.25) is 0 Å². The van der Waals surface area contributed by atoms with Crippen LogP contribution in [0, 0.1) is 17.5 Å². The SMILES string of the molecule is CNc1nc(=O)n(-c2ccnc3c2cc(CN2CCC(c4c(F)cc(C(=O)N(C)C)cc4F)CC2)n3C)cc1F. The van der Waals surface area contributed by atoms with Crippen LogP contribution >= 0.6 is 0 Å². The molecule has 1 aromatic carbocycles. The van der Waals surface area contributed by atoms with E-state index in [0.717, 1.165) is 28.6 Å². The zero-order valence-corrected chi connectivity index (χ0v) is 22.7. The van der Waals surface area contributed by atoms with Crippen molar-refractivity contribution >= 4 is 22.8 Å². The number of carbonyl (C=O) groups excluding carboxylic acids is 1. The highest BCUT2D eigenvalue weighted by molar-refractivity contribution is 5.94. The number of fused-ring (bicyclic) bond motifs is 1. The standard InChI is InChI=1S/C28H30F3N7O2/c1-32-25-22(31)15-38(28(40)34-25)23-5-8-33-26-19(23)13-18(36(26)4)14-37-9-6-16(7-10-37)24-20(29)11-17(12-21(24)30)27(39)35(2)3/h5,8,11-13,15-16H,6-7,9-10,14H2,1-4H3,(H,32,34,40). The number of pyridine rings is 1. The number of carbonyl (C=O) groups is 1. The molecule has 4 aromatic rings. The first-order valence-corrected chi connectivity index (χ1v) is 12.9. The van der Waals surface area contributed by atoms with Crippen molar-refractivity contribution in [3.8, 4) is 5.69 Å². The molecule has 0 bridgehead atoms. The van der Waals surface area contributed by atoms with Gasteiger partial charge in [-0.05, 0) is 56.1 Å². The lowest BCUT2D eigenvalue weighted by Gasteiger charge is -2.32. The number of anilines is 1. The molecule has 0 aliphatic carbocycles. The van der Waals surface area contributed by atoms with Gasteiger partial charge in [0.1, 0.15) is 17.3 Å². The molecule has 1 fully saturated rings. The summed E-state index contributed by atoms with van der Waals surface area (Å²) in [5.74, 6) is -2.91. The molecule has 0 saturated carbocycles. The Morgan fingerprint density at radius 1 is 1.10 bits per heavy atom. The third-order valence-corrected chi connectivity index (χ3v) is 7.50. The maximum atomic E-state index is 14.9. The van der Waals surface area contributed by atoms with Gasteiger partial charge in [-0.1, -0.05) is 0 Å². The normalized spacial score (nSPS) is 14.6. The predicted octanol–water partition coefficient (Wildman–Crippen LogP) is 3.66. The minimum absolute atomic E-state index is 0.0105. The van der Waals surface area contributed by atoms with Crippen molar-refractivity contribution < 1.29 is 18.0 Å². The number of aromatic nitrogens is 4. The molecular weight excluding hydrogens is 523 g/mol. The molecule has 3 aromatic heterocycles. The number of benzene rings is 1.